The highest BCUT2D eigenvalue weighted by atomic mass is 16.5. The molecule has 0 spiro atoms. The Morgan fingerprint density at radius 2 is 1.64 bits per heavy atom. The molecule has 7 heteroatoms. The highest BCUT2D eigenvalue weighted by Gasteiger charge is 2.61. The van der Waals surface area contributed by atoms with Gasteiger partial charge in [0, 0.05) is 5.69 Å². The van der Waals surface area contributed by atoms with Crippen molar-refractivity contribution in [3.63, 3.8) is 0 Å². The number of carbonyl (C=O) groups is 4. The van der Waals surface area contributed by atoms with Gasteiger partial charge in [-0.15, -0.1) is 0 Å². The number of nitrogens with one attached hydrogen (secondary N) is 1. The molecule has 1 heterocycles. The first-order valence-corrected chi connectivity index (χ1v) is 9.73. The van der Waals surface area contributed by atoms with Gasteiger partial charge >= 0.3 is 5.97 Å². The molecule has 1 aromatic carbocycles. The molecule has 1 saturated heterocycles. The van der Waals surface area contributed by atoms with Gasteiger partial charge in [-0.25, -0.2) is 0 Å². The molecule has 4 rings (SSSR count). The number of likely N-dealkylation sites (tertiary alicyclic amines) is 1. The van der Waals surface area contributed by atoms with E-state index in [1.165, 1.54) is 0 Å². The number of hydrogen-bond donors (Lipinski definition) is 1. The molecule has 2 bridgehead atoms. The summed E-state index contributed by atoms with van der Waals surface area (Å²) in [7, 11) is 0. The van der Waals surface area contributed by atoms with Crippen LogP contribution in [0.3, 0.4) is 0 Å². The van der Waals surface area contributed by atoms with Crippen molar-refractivity contribution in [2.45, 2.75) is 33.1 Å². The van der Waals surface area contributed by atoms with E-state index in [1.807, 2.05) is 32.0 Å². The van der Waals surface area contributed by atoms with Gasteiger partial charge in [0.2, 0.25) is 11.8 Å². The molecule has 7 nitrogen and oxygen atoms in total. The Hall–Kier alpha value is -2.70. The zero-order valence-corrected chi connectivity index (χ0v) is 16.1. The second-order valence-corrected chi connectivity index (χ2v) is 8.12. The Labute approximate surface area is 163 Å². The molecule has 0 unspecified atom stereocenters. The van der Waals surface area contributed by atoms with E-state index in [4.69, 9.17) is 4.74 Å². The third kappa shape index (κ3) is 3.08. The number of benzene rings is 1. The molecule has 1 aliphatic heterocycles. The van der Waals surface area contributed by atoms with Gasteiger partial charge in [-0.2, -0.15) is 0 Å². The zero-order chi connectivity index (χ0) is 20.0. The van der Waals surface area contributed by atoms with Crippen LogP contribution in [0.4, 0.5) is 5.69 Å². The van der Waals surface area contributed by atoms with Gasteiger partial charge in [-0.1, -0.05) is 18.2 Å². The first-order chi connectivity index (χ1) is 13.4. The van der Waals surface area contributed by atoms with Crippen LogP contribution in [-0.2, 0) is 23.9 Å². The maximum atomic E-state index is 12.6. The second kappa shape index (κ2) is 7.04. The van der Waals surface area contributed by atoms with E-state index >= 15 is 0 Å². The number of imide groups is 1. The number of fused-ring (bicyclic) bond motifs is 5. The van der Waals surface area contributed by atoms with Crippen molar-refractivity contribution in [3.8, 4) is 0 Å². The smallest absolute Gasteiger partial charge is 0.326 e. The van der Waals surface area contributed by atoms with Crippen molar-refractivity contribution in [1.82, 2.24) is 4.90 Å². The summed E-state index contributed by atoms with van der Waals surface area (Å²) < 4.78 is 5.01. The summed E-state index contributed by atoms with van der Waals surface area (Å²) in [4.78, 5) is 50.5. The van der Waals surface area contributed by atoms with Crippen LogP contribution in [0.15, 0.2) is 18.2 Å². The predicted octanol–water partition coefficient (Wildman–Crippen LogP) is 1.82. The van der Waals surface area contributed by atoms with E-state index in [0.29, 0.717) is 5.69 Å². The third-order valence-electron chi connectivity index (χ3n) is 6.42. The lowest BCUT2D eigenvalue weighted by Gasteiger charge is -2.19. The molecule has 2 aliphatic carbocycles. The Kier molecular flexibility index (Phi) is 4.69. The van der Waals surface area contributed by atoms with Crippen LogP contribution < -0.4 is 5.32 Å². The van der Waals surface area contributed by atoms with Crippen molar-refractivity contribution in [2.24, 2.45) is 23.7 Å². The number of amides is 3. The lowest BCUT2D eigenvalue weighted by atomic mass is 9.81. The SMILES string of the molecule is Cc1cccc(C)c1NC(=O)COC(=O)CN1C(=O)[C@H]2[C@@H]3CC[C@@H](C3)[C@@H]2C1=O. The molecule has 4 atom stereocenters. The molecule has 0 radical (unpaired) electrons. The Morgan fingerprint density at radius 3 is 2.21 bits per heavy atom. The zero-order valence-electron chi connectivity index (χ0n) is 16.1. The van der Waals surface area contributed by atoms with Crippen LogP contribution in [0.25, 0.3) is 0 Å². The summed E-state index contributed by atoms with van der Waals surface area (Å²) in [6, 6.07) is 5.65. The fourth-order valence-electron chi connectivity index (χ4n) is 5.13. The number of rotatable bonds is 5. The van der Waals surface area contributed by atoms with E-state index < -0.39 is 25.0 Å². The molecule has 1 aromatic rings. The fraction of sp³-hybridized carbons (Fsp3) is 0.524. The number of carbonyl (C=O) groups excluding carboxylic acids is 4. The highest BCUT2D eigenvalue weighted by molar-refractivity contribution is 6.08. The number of esters is 1. The lowest BCUT2D eigenvalue weighted by molar-refractivity contribution is -0.154. The molecule has 3 amide bonds. The maximum absolute atomic E-state index is 12.6. The summed E-state index contributed by atoms with van der Waals surface area (Å²) in [6.45, 7) is 2.88. The first-order valence-electron chi connectivity index (χ1n) is 9.73. The predicted molar refractivity (Wildman–Crippen MR) is 100 cm³/mol. The summed E-state index contributed by atoms with van der Waals surface area (Å²) in [5.74, 6) is -1.67. The minimum absolute atomic E-state index is 0.251. The first kappa shape index (κ1) is 18.7. The van der Waals surface area contributed by atoms with Gasteiger partial charge in [-0.05, 0) is 56.1 Å². The third-order valence-corrected chi connectivity index (χ3v) is 6.42. The summed E-state index contributed by atoms with van der Waals surface area (Å²) in [5.41, 5.74) is 2.51. The standard InChI is InChI=1S/C21H24N2O5/c1-11-4-3-5-12(2)19(11)22-15(24)10-28-16(25)9-23-20(26)17-13-6-7-14(8-13)18(17)21(23)27/h3-5,13-14,17-18H,6-10H2,1-2H3,(H,22,24)/t13-,14+,17-,18-/m0/s1. The molecule has 2 saturated carbocycles. The quantitative estimate of drug-likeness (QED) is 0.617. The van der Waals surface area contributed by atoms with E-state index in [-0.39, 0.29) is 35.5 Å². The Morgan fingerprint density at radius 1 is 1.07 bits per heavy atom. The van der Waals surface area contributed by atoms with Crippen LogP contribution in [0.1, 0.15) is 30.4 Å². The van der Waals surface area contributed by atoms with E-state index in [9.17, 15) is 19.2 Å². The van der Waals surface area contributed by atoms with Gasteiger partial charge in [0.15, 0.2) is 6.61 Å². The molecule has 3 aliphatic rings. The number of para-hydroxylation sites is 1. The van der Waals surface area contributed by atoms with Gasteiger partial charge in [0.05, 0.1) is 11.8 Å². The monoisotopic (exact) mass is 384 g/mol. The number of ether oxygens (including phenoxy) is 1. The van der Waals surface area contributed by atoms with Crippen molar-refractivity contribution in [2.75, 3.05) is 18.5 Å². The minimum atomic E-state index is -0.745. The number of aryl methyl sites for hydroxylation is 2. The normalized spacial score (nSPS) is 27.9. The van der Waals surface area contributed by atoms with Crippen LogP contribution in [0.5, 0.6) is 0 Å². The molecule has 148 valence electrons. The molecule has 28 heavy (non-hydrogen) atoms. The molecule has 1 N–H and O–H groups in total. The van der Waals surface area contributed by atoms with Crippen molar-refractivity contribution in [3.05, 3.63) is 29.3 Å². The van der Waals surface area contributed by atoms with E-state index in [1.54, 1.807) is 0 Å². The topological polar surface area (TPSA) is 92.8 Å². The Bertz CT molecular complexity index is 816. The molecular weight excluding hydrogens is 360 g/mol. The second-order valence-electron chi connectivity index (χ2n) is 8.12. The maximum Gasteiger partial charge on any atom is 0.326 e. The molecule has 0 aromatic heterocycles. The average molecular weight is 384 g/mol. The van der Waals surface area contributed by atoms with Crippen LogP contribution in [0.2, 0.25) is 0 Å². The van der Waals surface area contributed by atoms with Gasteiger partial charge in [-0.3, -0.25) is 24.1 Å². The summed E-state index contributed by atoms with van der Waals surface area (Å²) >= 11 is 0. The van der Waals surface area contributed by atoms with Crippen LogP contribution in [-0.4, -0.2) is 41.7 Å². The Balaban J connectivity index is 1.31. The lowest BCUT2D eigenvalue weighted by Crippen LogP contribution is -2.38. The van der Waals surface area contributed by atoms with E-state index in [2.05, 4.69) is 5.32 Å². The fourth-order valence-corrected chi connectivity index (χ4v) is 5.13. The average Bonchev–Trinajstić information content (AvgIpc) is 3.33. The molecule has 3 fully saturated rings. The van der Waals surface area contributed by atoms with E-state index in [0.717, 1.165) is 35.3 Å². The van der Waals surface area contributed by atoms with Crippen molar-refractivity contribution in [1.29, 1.82) is 0 Å². The molecular formula is C21H24N2O5. The van der Waals surface area contributed by atoms with Gasteiger partial charge < -0.3 is 10.1 Å². The van der Waals surface area contributed by atoms with Crippen molar-refractivity contribution < 1.29 is 23.9 Å². The number of anilines is 1. The van der Waals surface area contributed by atoms with Crippen LogP contribution in [0, 0.1) is 37.5 Å². The van der Waals surface area contributed by atoms with Crippen LogP contribution >= 0.6 is 0 Å². The number of hydrogen-bond acceptors (Lipinski definition) is 5. The highest BCUT2D eigenvalue weighted by Crippen LogP contribution is 2.56. The largest absolute Gasteiger partial charge is 0.454 e. The van der Waals surface area contributed by atoms with Crippen molar-refractivity contribution >= 4 is 29.4 Å². The summed E-state index contributed by atoms with van der Waals surface area (Å²) in [6.07, 6.45) is 2.92. The number of nitrogens with zero attached hydrogens (tertiary/aromatic N) is 1. The minimum Gasteiger partial charge on any atom is -0.454 e. The van der Waals surface area contributed by atoms with Gasteiger partial charge in [0.25, 0.3) is 5.91 Å². The van der Waals surface area contributed by atoms with Gasteiger partial charge in [0.1, 0.15) is 6.54 Å². The summed E-state index contributed by atoms with van der Waals surface area (Å²) in [5, 5.41) is 2.73.